The Labute approximate surface area is 179 Å². The first kappa shape index (κ1) is 24.5. The molecule has 0 unspecified atom stereocenters. The number of aromatic nitrogens is 1. The fraction of sp³-hybridized carbons (Fsp3) is 0.455. The van der Waals surface area contributed by atoms with Gasteiger partial charge in [-0.05, 0) is 31.2 Å². The predicted molar refractivity (Wildman–Crippen MR) is 112 cm³/mol. The van der Waals surface area contributed by atoms with E-state index < -0.39 is 17.6 Å². The summed E-state index contributed by atoms with van der Waals surface area (Å²) >= 11 is 0. The number of amides is 2. The van der Waals surface area contributed by atoms with Gasteiger partial charge in [0.05, 0.1) is 18.2 Å². The normalized spacial score (nSPS) is 12.0. The number of anilines is 1. The molecular formula is C22H28F3N3O3. The van der Waals surface area contributed by atoms with Gasteiger partial charge in [-0.25, -0.2) is 5.06 Å². The van der Waals surface area contributed by atoms with Crippen molar-refractivity contribution in [2.24, 2.45) is 0 Å². The fourth-order valence-electron chi connectivity index (χ4n) is 3.22. The molecule has 0 aliphatic heterocycles. The minimum Gasteiger partial charge on any atom is -0.347 e. The molecule has 2 aromatic rings. The molecule has 0 aliphatic rings. The molecule has 6 nitrogen and oxygen atoms in total. The van der Waals surface area contributed by atoms with Gasteiger partial charge in [0.25, 0.3) is 5.91 Å². The van der Waals surface area contributed by atoms with E-state index in [1.54, 1.807) is 13.0 Å². The number of carbonyl (C=O) groups is 2. The van der Waals surface area contributed by atoms with Crippen LogP contribution in [0.3, 0.4) is 0 Å². The summed E-state index contributed by atoms with van der Waals surface area (Å²) in [4.78, 5) is 29.9. The van der Waals surface area contributed by atoms with E-state index in [1.165, 1.54) is 26.3 Å². The summed E-state index contributed by atoms with van der Waals surface area (Å²) in [5, 5.41) is 3.68. The monoisotopic (exact) mass is 439 g/mol. The van der Waals surface area contributed by atoms with E-state index >= 15 is 0 Å². The first-order valence-corrected chi connectivity index (χ1v) is 9.75. The van der Waals surface area contributed by atoms with Crippen LogP contribution in [-0.2, 0) is 27.8 Å². The Balaban J connectivity index is 2.33. The van der Waals surface area contributed by atoms with Gasteiger partial charge < -0.3 is 9.88 Å². The summed E-state index contributed by atoms with van der Waals surface area (Å²) in [5.41, 5.74) is 0.705. The minimum absolute atomic E-state index is 0.0566. The van der Waals surface area contributed by atoms with Crippen LogP contribution in [0.1, 0.15) is 54.5 Å². The molecule has 0 spiro atoms. The first-order valence-electron chi connectivity index (χ1n) is 9.75. The van der Waals surface area contributed by atoms with Gasteiger partial charge >= 0.3 is 6.18 Å². The van der Waals surface area contributed by atoms with Crippen LogP contribution >= 0.6 is 0 Å². The number of hydroxylamine groups is 2. The zero-order valence-corrected chi connectivity index (χ0v) is 18.6. The van der Waals surface area contributed by atoms with Gasteiger partial charge in [0.15, 0.2) is 0 Å². The largest absolute Gasteiger partial charge is 0.416 e. The Hall–Kier alpha value is -2.81. The maximum Gasteiger partial charge on any atom is 0.416 e. The first-order chi connectivity index (χ1) is 14.3. The molecule has 1 aromatic heterocycles. The number of rotatable bonds is 6. The number of halogens is 3. The maximum atomic E-state index is 13.0. The van der Waals surface area contributed by atoms with Crippen LogP contribution in [0.15, 0.2) is 30.3 Å². The Morgan fingerprint density at radius 2 is 1.81 bits per heavy atom. The molecular weight excluding hydrogens is 411 g/mol. The summed E-state index contributed by atoms with van der Waals surface area (Å²) < 4.78 is 40.8. The lowest BCUT2D eigenvalue weighted by Gasteiger charge is -2.23. The number of hydrogen-bond acceptors (Lipinski definition) is 3. The number of carbonyl (C=O) groups excluding carboxylic acids is 2. The van der Waals surface area contributed by atoms with Crippen molar-refractivity contribution in [3.63, 3.8) is 0 Å². The summed E-state index contributed by atoms with van der Waals surface area (Å²) in [5.74, 6) is -0.730. The van der Waals surface area contributed by atoms with Gasteiger partial charge in [-0.2, -0.15) is 13.2 Å². The van der Waals surface area contributed by atoms with E-state index in [2.05, 4.69) is 5.32 Å². The van der Waals surface area contributed by atoms with Crippen LogP contribution in [0, 0.1) is 6.92 Å². The number of alkyl halides is 3. The van der Waals surface area contributed by atoms with Crippen LogP contribution in [0.25, 0.3) is 0 Å². The second-order valence-corrected chi connectivity index (χ2v) is 8.29. The van der Waals surface area contributed by atoms with Crippen molar-refractivity contribution < 1.29 is 27.6 Å². The number of nitrogens with zero attached hydrogens (tertiary/aromatic N) is 2. The molecule has 170 valence electrons. The summed E-state index contributed by atoms with van der Waals surface area (Å²) in [7, 11) is 2.92. The maximum absolute atomic E-state index is 13.0. The van der Waals surface area contributed by atoms with Crippen molar-refractivity contribution in [1.29, 1.82) is 0 Å². The molecule has 31 heavy (non-hydrogen) atoms. The number of nitrogens with one attached hydrogen (secondary N) is 1. The fourth-order valence-corrected chi connectivity index (χ4v) is 3.22. The quantitative estimate of drug-likeness (QED) is 0.660. The lowest BCUT2D eigenvalue weighted by Crippen LogP contribution is -2.27. The van der Waals surface area contributed by atoms with Gasteiger partial charge in [-0.15, -0.1) is 0 Å². The Morgan fingerprint density at radius 3 is 2.35 bits per heavy atom. The average molecular weight is 439 g/mol. The SMILES string of the molecule is CON(C)C(=O)CCn1c(C(C)(C)C)cc(C(=O)Nc2cccc(C(F)(F)F)c2)c1C. The Morgan fingerprint density at radius 1 is 1.16 bits per heavy atom. The van der Waals surface area contributed by atoms with E-state index in [0.717, 1.165) is 22.9 Å². The summed E-state index contributed by atoms with van der Waals surface area (Å²) in [6, 6.07) is 6.22. The van der Waals surface area contributed by atoms with E-state index in [0.29, 0.717) is 17.8 Å². The highest BCUT2D eigenvalue weighted by molar-refractivity contribution is 6.05. The lowest BCUT2D eigenvalue weighted by atomic mass is 9.91. The van der Waals surface area contributed by atoms with Crippen LogP contribution in [0.5, 0.6) is 0 Å². The molecule has 0 bridgehead atoms. The highest BCUT2D eigenvalue weighted by Crippen LogP contribution is 2.32. The molecule has 0 fully saturated rings. The van der Waals surface area contributed by atoms with Gasteiger partial charge in [0.1, 0.15) is 0 Å². The zero-order valence-electron chi connectivity index (χ0n) is 18.6. The standard InChI is InChI=1S/C22H28F3N3O3/c1-14-17(20(30)26-16-9-7-8-15(12-16)22(23,24)25)13-18(21(2,3)4)28(14)11-10-19(29)27(5)31-6/h7-9,12-13H,10-11H2,1-6H3,(H,26,30). The minimum atomic E-state index is -4.50. The number of hydrogen-bond donors (Lipinski definition) is 1. The van der Waals surface area contributed by atoms with E-state index in [9.17, 15) is 22.8 Å². The van der Waals surface area contributed by atoms with Crippen LogP contribution in [-0.4, -0.2) is 35.6 Å². The Bertz CT molecular complexity index is 959. The van der Waals surface area contributed by atoms with E-state index in [-0.39, 0.29) is 23.4 Å². The highest BCUT2D eigenvalue weighted by Gasteiger charge is 2.31. The van der Waals surface area contributed by atoms with Crippen LogP contribution in [0.4, 0.5) is 18.9 Å². The van der Waals surface area contributed by atoms with Crippen molar-refractivity contribution in [3.8, 4) is 0 Å². The van der Waals surface area contributed by atoms with Gasteiger partial charge in [-0.1, -0.05) is 26.8 Å². The third kappa shape index (κ3) is 5.88. The van der Waals surface area contributed by atoms with Crippen molar-refractivity contribution in [3.05, 3.63) is 52.8 Å². The van der Waals surface area contributed by atoms with Crippen molar-refractivity contribution in [1.82, 2.24) is 9.63 Å². The Kier molecular flexibility index (Phi) is 7.21. The van der Waals surface area contributed by atoms with Crippen molar-refractivity contribution in [2.75, 3.05) is 19.5 Å². The molecule has 2 rings (SSSR count). The van der Waals surface area contributed by atoms with Crippen LogP contribution in [0.2, 0.25) is 0 Å². The van der Waals surface area contributed by atoms with Gasteiger partial charge in [0, 0.05) is 42.5 Å². The highest BCUT2D eigenvalue weighted by atomic mass is 19.4. The molecule has 0 atom stereocenters. The molecule has 0 aliphatic carbocycles. The second-order valence-electron chi connectivity index (χ2n) is 8.29. The topological polar surface area (TPSA) is 63.6 Å². The van der Waals surface area contributed by atoms with Crippen molar-refractivity contribution in [2.45, 2.75) is 52.3 Å². The van der Waals surface area contributed by atoms with Crippen LogP contribution < -0.4 is 5.32 Å². The lowest BCUT2D eigenvalue weighted by molar-refractivity contribution is -0.168. The molecule has 1 heterocycles. The molecule has 0 radical (unpaired) electrons. The van der Waals surface area contributed by atoms with Gasteiger partial charge in [0.2, 0.25) is 5.91 Å². The second kappa shape index (κ2) is 9.13. The molecule has 1 aromatic carbocycles. The summed E-state index contributed by atoms with van der Waals surface area (Å²) in [6.45, 7) is 8.03. The van der Waals surface area contributed by atoms with E-state index in [1.807, 2.05) is 25.3 Å². The number of benzene rings is 1. The molecule has 0 saturated carbocycles. The molecule has 2 amide bonds. The zero-order chi connectivity index (χ0) is 23.6. The van der Waals surface area contributed by atoms with Crippen molar-refractivity contribution >= 4 is 17.5 Å². The molecule has 9 heteroatoms. The third-order valence-corrected chi connectivity index (χ3v) is 5.00. The molecule has 1 N–H and O–H groups in total. The average Bonchev–Trinajstić information content (AvgIpc) is 3.01. The predicted octanol–water partition coefficient (Wildman–Crippen LogP) is 4.78. The van der Waals surface area contributed by atoms with Gasteiger partial charge in [-0.3, -0.25) is 14.4 Å². The third-order valence-electron chi connectivity index (χ3n) is 5.00. The molecule has 0 saturated heterocycles. The van der Waals surface area contributed by atoms with E-state index in [4.69, 9.17) is 4.84 Å². The smallest absolute Gasteiger partial charge is 0.347 e. The summed E-state index contributed by atoms with van der Waals surface area (Å²) in [6.07, 6.45) is -4.33.